The number of carbonyl (C=O) groups is 1. The van der Waals surface area contributed by atoms with E-state index < -0.39 is 0 Å². The first-order chi connectivity index (χ1) is 9.79. The second-order valence-corrected chi connectivity index (χ2v) is 5.24. The molecule has 0 radical (unpaired) electrons. The van der Waals surface area contributed by atoms with Crippen LogP contribution in [0.2, 0.25) is 0 Å². The molecular formula is C15H20N2O3. The quantitative estimate of drug-likeness (QED) is 0.865. The zero-order valence-corrected chi connectivity index (χ0v) is 11.5. The van der Waals surface area contributed by atoms with E-state index in [-0.39, 0.29) is 17.9 Å². The topological polar surface area (TPSA) is 64.8 Å². The van der Waals surface area contributed by atoms with Crippen molar-refractivity contribution in [3.63, 3.8) is 0 Å². The fourth-order valence-corrected chi connectivity index (χ4v) is 2.88. The fourth-order valence-electron chi connectivity index (χ4n) is 2.88. The van der Waals surface area contributed by atoms with Crippen molar-refractivity contribution in [3.05, 3.63) is 29.8 Å². The molecule has 2 aliphatic heterocycles. The number of amides is 1. The predicted octanol–water partition coefficient (Wildman–Crippen LogP) is 0.739. The van der Waals surface area contributed by atoms with Crippen molar-refractivity contribution in [1.82, 2.24) is 4.90 Å². The van der Waals surface area contributed by atoms with Gasteiger partial charge in [-0.3, -0.25) is 4.79 Å². The van der Waals surface area contributed by atoms with Gasteiger partial charge in [0, 0.05) is 25.2 Å². The van der Waals surface area contributed by atoms with Crippen molar-refractivity contribution in [2.45, 2.75) is 18.4 Å². The Morgan fingerprint density at radius 2 is 2.20 bits per heavy atom. The van der Waals surface area contributed by atoms with Crippen LogP contribution in [0.15, 0.2) is 24.3 Å². The molecule has 1 fully saturated rings. The van der Waals surface area contributed by atoms with Gasteiger partial charge in [0.2, 0.25) is 5.91 Å². The monoisotopic (exact) mass is 276 g/mol. The van der Waals surface area contributed by atoms with Gasteiger partial charge in [0.1, 0.15) is 5.75 Å². The Morgan fingerprint density at radius 3 is 3.05 bits per heavy atom. The van der Waals surface area contributed by atoms with Gasteiger partial charge in [-0.1, -0.05) is 18.2 Å². The van der Waals surface area contributed by atoms with Crippen LogP contribution in [0.25, 0.3) is 0 Å². The Hall–Kier alpha value is -1.59. The van der Waals surface area contributed by atoms with Crippen molar-refractivity contribution in [2.24, 2.45) is 5.73 Å². The highest BCUT2D eigenvalue weighted by Crippen LogP contribution is 2.34. The van der Waals surface area contributed by atoms with Gasteiger partial charge in [-0.05, 0) is 12.5 Å². The minimum absolute atomic E-state index is 0.0391. The molecule has 2 N–H and O–H groups in total. The number of carbonyl (C=O) groups excluding carboxylic acids is 1. The molecule has 2 atom stereocenters. The molecule has 5 nitrogen and oxygen atoms in total. The number of rotatable bonds is 2. The number of benzene rings is 1. The van der Waals surface area contributed by atoms with Crippen LogP contribution in [0.5, 0.6) is 5.75 Å². The molecule has 2 aliphatic rings. The summed E-state index contributed by atoms with van der Waals surface area (Å²) in [5.74, 6) is 0.903. The summed E-state index contributed by atoms with van der Waals surface area (Å²) in [5, 5.41) is 0. The van der Waals surface area contributed by atoms with E-state index in [4.69, 9.17) is 15.2 Å². The molecule has 0 spiro atoms. The standard InChI is InChI=1S/C15H20N2O3/c16-9-11-10-17(6-8-19-11)15(18)13-5-7-20-14-4-2-1-3-12(13)14/h1-4,11,13H,5-10,16H2/t11-,13+/m1/s1. The third-order valence-electron chi connectivity index (χ3n) is 3.97. The molecule has 0 aliphatic carbocycles. The third kappa shape index (κ3) is 2.51. The first-order valence-corrected chi connectivity index (χ1v) is 7.12. The minimum Gasteiger partial charge on any atom is -0.493 e. The van der Waals surface area contributed by atoms with Gasteiger partial charge in [0.15, 0.2) is 0 Å². The third-order valence-corrected chi connectivity index (χ3v) is 3.97. The molecule has 1 saturated heterocycles. The zero-order chi connectivity index (χ0) is 13.9. The van der Waals surface area contributed by atoms with E-state index >= 15 is 0 Å². The van der Waals surface area contributed by atoms with E-state index in [2.05, 4.69) is 0 Å². The summed E-state index contributed by atoms with van der Waals surface area (Å²) in [5.41, 5.74) is 6.64. The van der Waals surface area contributed by atoms with Crippen LogP contribution < -0.4 is 10.5 Å². The molecule has 0 aromatic heterocycles. The van der Waals surface area contributed by atoms with Crippen LogP contribution in [-0.4, -0.2) is 49.8 Å². The molecule has 1 aromatic carbocycles. The van der Waals surface area contributed by atoms with Crippen molar-refractivity contribution in [2.75, 3.05) is 32.8 Å². The van der Waals surface area contributed by atoms with Gasteiger partial charge in [0.05, 0.1) is 25.2 Å². The summed E-state index contributed by atoms with van der Waals surface area (Å²) in [6, 6.07) is 7.80. The van der Waals surface area contributed by atoms with E-state index in [1.807, 2.05) is 29.2 Å². The van der Waals surface area contributed by atoms with Crippen LogP contribution in [0.4, 0.5) is 0 Å². The number of hydrogen-bond acceptors (Lipinski definition) is 4. The van der Waals surface area contributed by atoms with Crippen molar-refractivity contribution in [3.8, 4) is 5.75 Å². The summed E-state index contributed by atoms with van der Waals surface area (Å²) in [6.45, 7) is 2.86. The van der Waals surface area contributed by atoms with Crippen LogP contribution >= 0.6 is 0 Å². The highest BCUT2D eigenvalue weighted by atomic mass is 16.5. The number of nitrogens with two attached hydrogens (primary N) is 1. The molecule has 20 heavy (non-hydrogen) atoms. The molecule has 2 heterocycles. The van der Waals surface area contributed by atoms with Gasteiger partial charge < -0.3 is 20.1 Å². The van der Waals surface area contributed by atoms with Gasteiger partial charge in [-0.15, -0.1) is 0 Å². The summed E-state index contributed by atoms with van der Waals surface area (Å²) < 4.78 is 11.1. The molecule has 5 heteroatoms. The summed E-state index contributed by atoms with van der Waals surface area (Å²) in [7, 11) is 0. The lowest BCUT2D eigenvalue weighted by molar-refractivity contribution is -0.140. The van der Waals surface area contributed by atoms with Crippen molar-refractivity contribution in [1.29, 1.82) is 0 Å². The number of ether oxygens (including phenoxy) is 2. The predicted molar refractivity (Wildman–Crippen MR) is 74.7 cm³/mol. The lowest BCUT2D eigenvalue weighted by Gasteiger charge is -2.36. The second kappa shape index (κ2) is 5.81. The highest BCUT2D eigenvalue weighted by Gasteiger charge is 2.33. The number of nitrogens with zero attached hydrogens (tertiary/aromatic N) is 1. The minimum atomic E-state index is -0.100. The summed E-state index contributed by atoms with van der Waals surface area (Å²) in [4.78, 5) is 14.6. The lowest BCUT2D eigenvalue weighted by atomic mass is 9.91. The van der Waals surface area contributed by atoms with E-state index in [0.29, 0.717) is 32.8 Å². The Labute approximate surface area is 118 Å². The molecule has 0 unspecified atom stereocenters. The highest BCUT2D eigenvalue weighted by molar-refractivity contribution is 5.85. The fraction of sp³-hybridized carbons (Fsp3) is 0.533. The Bertz CT molecular complexity index is 492. The molecule has 3 rings (SSSR count). The number of fused-ring (bicyclic) bond motifs is 1. The molecule has 0 saturated carbocycles. The lowest BCUT2D eigenvalue weighted by Crippen LogP contribution is -2.49. The Balaban J connectivity index is 1.78. The summed E-state index contributed by atoms with van der Waals surface area (Å²) >= 11 is 0. The molecule has 0 bridgehead atoms. The van der Waals surface area contributed by atoms with E-state index in [9.17, 15) is 4.79 Å². The largest absolute Gasteiger partial charge is 0.493 e. The van der Waals surface area contributed by atoms with Gasteiger partial charge in [0.25, 0.3) is 0 Å². The van der Waals surface area contributed by atoms with Gasteiger partial charge in [-0.2, -0.15) is 0 Å². The molecule has 1 amide bonds. The van der Waals surface area contributed by atoms with Gasteiger partial charge in [-0.25, -0.2) is 0 Å². The van der Waals surface area contributed by atoms with Crippen molar-refractivity contribution < 1.29 is 14.3 Å². The van der Waals surface area contributed by atoms with Crippen molar-refractivity contribution >= 4 is 5.91 Å². The van der Waals surface area contributed by atoms with Crippen LogP contribution in [0.1, 0.15) is 17.9 Å². The number of morpholine rings is 1. The normalized spacial score (nSPS) is 25.8. The first kappa shape index (κ1) is 13.4. The molecule has 1 aromatic rings. The maximum absolute atomic E-state index is 12.8. The SMILES string of the molecule is NC[C@@H]1CN(C(=O)[C@H]2CCOc3ccccc32)CCO1. The maximum Gasteiger partial charge on any atom is 0.230 e. The van der Waals surface area contributed by atoms with E-state index in [1.54, 1.807) is 0 Å². The Morgan fingerprint density at radius 1 is 1.35 bits per heavy atom. The van der Waals surface area contributed by atoms with Gasteiger partial charge >= 0.3 is 0 Å². The maximum atomic E-state index is 12.8. The first-order valence-electron chi connectivity index (χ1n) is 7.12. The average molecular weight is 276 g/mol. The molecule has 108 valence electrons. The smallest absolute Gasteiger partial charge is 0.230 e. The second-order valence-electron chi connectivity index (χ2n) is 5.24. The molecular weight excluding hydrogens is 256 g/mol. The van der Waals surface area contributed by atoms with E-state index in [1.165, 1.54) is 0 Å². The van der Waals surface area contributed by atoms with E-state index in [0.717, 1.165) is 17.7 Å². The van der Waals surface area contributed by atoms with Crippen LogP contribution in [-0.2, 0) is 9.53 Å². The van der Waals surface area contributed by atoms with Crippen LogP contribution in [0, 0.1) is 0 Å². The zero-order valence-electron chi connectivity index (χ0n) is 11.5. The van der Waals surface area contributed by atoms with Crippen LogP contribution in [0.3, 0.4) is 0 Å². The Kier molecular flexibility index (Phi) is 3.89. The number of hydrogen-bond donors (Lipinski definition) is 1. The average Bonchev–Trinajstić information content (AvgIpc) is 2.53. The summed E-state index contributed by atoms with van der Waals surface area (Å²) in [6.07, 6.45) is 0.698. The number of para-hydroxylation sites is 1.